The molecule has 0 aliphatic carbocycles. The second-order valence-electron chi connectivity index (χ2n) is 37.8. The second kappa shape index (κ2) is 36.4. The van der Waals surface area contributed by atoms with Crippen molar-refractivity contribution in [3.05, 3.63) is 498 Å². The molecule has 0 atom stereocenters. The molecule has 0 fully saturated rings. The molecule has 149 heavy (non-hydrogen) atoms. The average molecular weight is 1900 g/mol. The molecule has 0 aliphatic rings. The van der Waals surface area contributed by atoms with Gasteiger partial charge in [-0.2, -0.15) is 0 Å². The molecule has 0 spiro atoms. The average Bonchev–Trinajstić information content (AvgIpc) is 0.736. The van der Waals surface area contributed by atoms with Gasteiger partial charge in [0, 0.05) is 104 Å². The molecule has 24 aromatic carbocycles. The highest BCUT2D eigenvalue weighted by Crippen LogP contribution is 2.48. The van der Waals surface area contributed by atoms with Crippen LogP contribution in [0.25, 0.3) is 298 Å². The molecule has 0 unspecified atom stereocenters. The zero-order chi connectivity index (χ0) is 98.5. The number of fused-ring (bicyclic) bond motifs is 6. The summed E-state index contributed by atoms with van der Waals surface area (Å²) in [5.74, 6) is 5.05. The van der Waals surface area contributed by atoms with Crippen LogP contribution in [-0.2, 0) is 0 Å². The van der Waals surface area contributed by atoms with Crippen LogP contribution in [-0.4, -0.2) is 59.8 Å². The Labute approximate surface area is 854 Å². The first-order valence-electron chi connectivity index (χ1n) is 49.8. The van der Waals surface area contributed by atoms with Gasteiger partial charge in [-0.1, -0.05) is 376 Å². The topological polar surface area (TPSA) is 155 Å². The van der Waals surface area contributed by atoms with Crippen LogP contribution >= 0.6 is 0 Å². The molecule has 6 heterocycles. The fourth-order valence-electron chi connectivity index (χ4n) is 22.1. The third-order valence-corrected chi connectivity index (χ3v) is 29.2. The van der Waals surface area contributed by atoms with Crippen molar-refractivity contribution in [2.45, 2.75) is 0 Å². The van der Waals surface area contributed by atoms with E-state index in [1.165, 1.54) is 147 Å². The van der Waals surface area contributed by atoms with E-state index in [4.69, 9.17) is 44.9 Å². The quantitative estimate of drug-likeness (QED) is 0.0952. The SMILES string of the molecule is Fc1ccc(-c2nc(-c3ccccc3-c3cccnc3)nc(-c3ccc4ccc5cccc6ccc3c4c56)n2)cc1.c1cncc(-c2cccc(-c3nc(-c4ccc(-c5cc6ccccc6c6ccccc56)cc4)nc(-c4ccc5ccc6cccc7ccc4c5c67)n3)c2)c1.c1cncc(-c2ccccc2-c2nc(-c3ccc(-c4cc5ccccc5c5ccccc45)cc3)nc(-c3ccc4ccc5cccc6ccc3c4c56)n2)c1. The first kappa shape index (κ1) is 86.7. The van der Waals surface area contributed by atoms with Crippen molar-refractivity contribution in [1.29, 1.82) is 0 Å². The minimum absolute atomic E-state index is 0.308. The highest BCUT2D eigenvalue weighted by atomic mass is 19.1. The molecule has 13 heteroatoms. The van der Waals surface area contributed by atoms with Gasteiger partial charge in [-0.3, -0.25) is 15.0 Å². The molecular weight excluding hydrogens is 1820 g/mol. The Balaban J connectivity index is 0.000000109. The molecule has 6 aromatic heterocycles. The zero-order valence-corrected chi connectivity index (χ0v) is 80.0. The number of benzene rings is 24. The fraction of sp³-hybridized carbons (Fsp3) is 0. The van der Waals surface area contributed by atoms with Crippen molar-refractivity contribution < 1.29 is 4.39 Å². The molecule has 0 bridgehead atoms. The van der Waals surface area contributed by atoms with Crippen molar-refractivity contribution in [1.82, 2.24) is 59.8 Å². The van der Waals surface area contributed by atoms with Crippen molar-refractivity contribution in [3.63, 3.8) is 0 Å². The maximum absolute atomic E-state index is 13.8. The third kappa shape index (κ3) is 15.6. The van der Waals surface area contributed by atoms with Gasteiger partial charge in [-0.05, 0) is 258 Å². The Bertz CT molecular complexity index is 10500. The number of aromatic nitrogens is 12. The molecule has 0 radical (unpaired) electrons. The molecule has 0 saturated carbocycles. The van der Waals surface area contributed by atoms with E-state index in [0.717, 1.165) is 105 Å². The van der Waals surface area contributed by atoms with Crippen molar-refractivity contribution in [3.8, 4) is 158 Å². The third-order valence-electron chi connectivity index (χ3n) is 29.2. The van der Waals surface area contributed by atoms with Crippen LogP contribution in [0.4, 0.5) is 4.39 Å². The number of hydrogen-bond donors (Lipinski definition) is 0. The second-order valence-corrected chi connectivity index (χ2v) is 37.8. The van der Waals surface area contributed by atoms with Gasteiger partial charge < -0.3 is 0 Å². The standard InChI is InChI=1S/2C50H30N4.C36H21FN4/c1-2-13-38-36(9-1)29-45(41-16-5-4-15-40(38)41)31-18-22-35(23-19-31)48-52-49(43-17-6-3-14-39(43)37-12-8-28-51-30-37)54-50(53-48)44-27-25-34-21-20-32-10-7-11-33-24-26-42(44)47(34)46(32)33;1-2-14-40-37(8-1)29-45(42-16-4-3-15-41(40)42)31-17-21-35(22-18-31)48-52-49(38-12-6-11-36(28-38)39-13-7-27-51-30-39)54-50(53-48)44-26-24-34-20-19-32-9-5-10-33-23-25-43(44)47(34)46(32)33;37-27-16-12-25(13-17-27)34-39-35(30-9-2-1-8-28(30)26-7-4-20-38-21-26)41-36(40-34)31-19-15-24-11-10-22-5-3-6-23-14-18-29(31)33(24)32(22)23/h2*1-30H;1-21H. The van der Waals surface area contributed by atoms with E-state index >= 15 is 0 Å². The molecule has 0 amide bonds. The molecular formula is C136H81FN12. The number of rotatable bonds is 14. The van der Waals surface area contributed by atoms with Gasteiger partial charge in [0.05, 0.1) is 0 Å². The molecule has 30 rings (SSSR count). The lowest BCUT2D eigenvalue weighted by Crippen LogP contribution is -2.01. The van der Waals surface area contributed by atoms with Gasteiger partial charge in [0.25, 0.3) is 0 Å². The van der Waals surface area contributed by atoms with E-state index in [9.17, 15) is 4.39 Å². The van der Waals surface area contributed by atoms with Crippen LogP contribution in [0.2, 0.25) is 0 Å². The van der Waals surface area contributed by atoms with Gasteiger partial charge in [0.15, 0.2) is 52.4 Å². The molecule has 12 nitrogen and oxygen atoms in total. The zero-order valence-electron chi connectivity index (χ0n) is 80.0. The van der Waals surface area contributed by atoms with E-state index in [2.05, 4.69) is 385 Å². The lowest BCUT2D eigenvalue weighted by atomic mass is 9.91. The Morgan fingerprint density at radius 1 is 0.128 bits per heavy atom. The highest BCUT2D eigenvalue weighted by Gasteiger charge is 2.26. The molecule has 30 aromatic rings. The summed E-state index contributed by atoms with van der Waals surface area (Å²) in [5, 5.41) is 31.6. The smallest absolute Gasteiger partial charge is 0.164 e. The largest absolute Gasteiger partial charge is 0.264 e. The highest BCUT2D eigenvalue weighted by molar-refractivity contribution is 6.29. The van der Waals surface area contributed by atoms with Crippen molar-refractivity contribution in [2.24, 2.45) is 0 Å². The normalized spacial score (nSPS) is 11.7. The summed E-state index contributed by atoms with van der Waals surface area (Å²) in [6.45, 7) is 0. The van der Waals surface area contributed by atoms with Crippen LogP contribution < -0.4 is 0 Å². The van der Waals surface area contributed by atoms with Crippen molar-refractivity contribution >= 4 is 140 Å². The monoisotopic (exact) mass is 1900 g/mol. The molecule has 692 valence electrons. The van der Waals surface area contributed by atoms with Crippen LogP contribution in [0, 0.1) is 5.82 Å². The molecule has 0 saturated heterocycles. The van der Waals surface area contributed by atoms with Gasteiger partial charge in [-0.15, -0.1) is 0 Å². The van der Waals surface area contributed by atoms with Crippen molar-refractivity contribution in [2.75, 3.05) is 0 Å². The van der Waals surface area contributed by atoms with Crippen LogP contribution in [0.3, 0.4) is 0 Å². The summed E-state index contributed by atoms with van der Waals surface area (Å²) >= 11 is 0. The first-order chi connectivity index (χ1) is 73.7. The Hall–Kier alpha value is -20.2. The van der Waals surface area contributed by atoms with Gasteiger partial charge in [0.2, 0.25) is 0 Å². The Morgan fingerprint density at radius 3 is 0.765 bits per heavy atom. The summed E-state index contributed by atoms with van der Waals surface area (Å²) in [5.41, 5.74) is 18.9. The summed E-state index contributed by atoms with van der Waals surface area (Å²) in [4.78, 5) is 59.3. The fourth-order valence-corrected chi connectivity index (χ4v) is 22.1. The van der Waals surface area contributed by atoms with E-state index < -0.39 is 0 Å². The first-order valence-corrected chi connectivity index (χ1v) is 49.8. The minimum Gasteiger partial charge on any atom is -0.264 e. The van der Waals surface area contributed by atoms with E-state index in [1.54, 1.807) is 30.7 Å². The Morgan fingerprint density at radius 2 is 0.389 bits per heavy atom. The van der Waals surface area contributed by atoms with Gasteiger partial charge in [0.1, 0.15) is 5.82 Å². The number of halogens is 1. The summed E-state index contributed by atoms with van der Waals surface area (Å²) in [6, 6.07) is 158. The van der Waals surface area contributed by atoms with E-state index in [-0.39, 0.29) is 5.82 Å². The molecule has 0 aliphatic heterocycles. The Kier molecular flexibility index (Phi) is 21.2. The summed E-state index contributed by atoms with van der Waals surface area (Å²) in [7, 11) is 0. The predicted octanol–water partition coefficient (Wildman–Crippen LogP) is 34.6. The molecule has 0 N–H and O–H groups in total. The van der Waals surface area contributed by atoms with Crippen LogP contribution in [0.5, 0.6) is 0 Å². The van der Waals surface area contributed by atoms with Crippen LogP contribution in [0.15, 0.2) is 492 Å². The lowest BCUT2D eigenvalue weighted by Gasteiger charge is -2.15. The number of pyridine rings is 3. The summed E-state index contributed by atoms with van der Waals surface area (Å²) in [6.07, 6.45) is 11.0. The summed E-state index contributed by atoms with van der Waals surface area (Å²) < 4.78 is 13.8. The van der Waals surface area contributed by atoms with Gasteiger partial charge >= 0.3 is 0 Å². The lowest BCUT2D eigenvalue weighted by molar-refractivity contribution is 0.628. The number of nitrogens with zero attached hydrogens (tertiary/aromatic N) is 12. The predicted molar refractivity (Wildman–Crippen MR) is 610 cm³/mol. The van der Waals surface area contributed by atoms with E-state index in [1.807, 2.05) is 79.3 Å². The minimum atomic E-state index is -0.308. The maximum Gasteiger partial charge on any atom is 0.164 e. The number of hydrogen-bond acceptors (Lipinski definition) is 12. The van der Waals surface area contributed by atoms with E-state index in [0.29, 0.717) is 58.0 Å². The van der Waals surface area contributed by atoms with Crippen LogP contribution in [0.1, 0.15) is 0 Å². The maximum atomic E-state index is 13.8. The van der Waals surface area contributed by atoms with Gasteiger partial charge in [-0.25, -0.2) is 49.2 Å².